The number of nitrogens with one attached hydrogen (secondary N) is 1. The molecule has 0 fully saturated rings. The number of rotatable bonds is 2. The highest BCUT2D eigenvalue weighted by Crippen LogP contribution is 2.20. The number of benzene rings is 1. The Bertz CT molecular complexity index is 290. The van der Waals surface area contributed by atoms with Crippen LogP contribution in [0.5, 0.6) is 0 Å². The largest absolute Gasteiger partial charge is 0.378 e. The third-order valence-electron chi connectivity index (χ3n) is 1.77. The number of thioether (sulfide) groups is 1. The van der Waals surface area contributed by atoms with Crippen molar-refractivity contribution in [2.75, 3.05) is 0 Å². The first-order valence-electron chi connectivity index (χ1n) is 4.21. The maximum atomic E-state index is 7.11. The quantitative estimate of drug-likeness (QED) is 0.432. The van der Waals surface area contributed by atoms with Crippen LogP contribution in [0.15, 0.2) is 29.2 Å². The zero-order chi connectivity index (χ0) is 9.84. The Morgan fingerprint density at radius 2 is 1.85 bits per heavy atom. The lowest BCUT2D eigenvalue weighted by molar-refractivity contribution is 0.865. The molecule has 3 N–H and O–H groups in total. The van der Waals surface area contributed by atoms with Crippen LogP contribution in [0.1, 0.15) is 25.3 Å². The summed E-state index contributed by atoms with van der Waals surface area (Å²) >= 11 is 1.28. The normalized spacial score (nSPS) is 10.4. The summed E-state index contributed by atoms with van der Waals surface area (Å²) in [5, 5.41) is 7.25. The van der Waals surface area contributed by atoms with E-state index in [1.807, 2.05) is 12.1 Å². The molecule has 1 rings (SSSR count). The summed E-state index contributed by atoms with van der Waals surface area (Å²) in [7, 11) is 0. The number of hydrogen-bond donors (Lipinski definition) is 2. The lowest BCUT2D eigenvalue weighted by Gasteiger charge is -2.05. The van der Waals surface area contributed by atoms with Gasteiger partial charge in [-0.05, 0) is 23.6 Å². The molecule has 2 nitrogen and oxygen atoms in total. The van der Waals surface area contributed by atoms with Gasteiger partial charge in [0, 0.05) is 4.90 Å². The van der Waals surface area contributed by atoms with Crippen molar-refractivity contribution in [2.24, 2.45) is 5.73 Å². The molecular formula is C10H14N2S. The molecule has 0 aliphatic rings. The summed E-state index contributed by atoms with van der Waals surface area (Å²) in [5.74, 6) is 0.552. The van der Waals surface area contributed by atoms with Gasteiger partial charge in [-0.25, -0.2) is 0 Å². The van der Waals surface area contributed by atoms with Gasteiger partial charge in [0.15, 0.2) is 5.17 Å². The van der Waals surface area contributed by atoms with E-state index < -0.39 is 0 Å². The fourth-order valence-electron chi connectivity index (χ4n) is 1.05. The van der Waals surface area contributed by atoms with E-state index in [4.69, 9.17) is 11.1 Å². The lowest BCUT2D eigenvalue weighted by atomic mass is 10.0. The van der Waals surface area contributed by atoms with Gasteiger partial charge in [0.05, 0.1) is 0 Å². The van der Waals surface area contributed by atoms with E-state index in [1.165, 1.54) is 17.3 Å². The van der Waals surface area contributed by atoms with Crippen LogP contribution in [0.2, 0.25) is 0 Å². The van der Waals surface area contributed by atoms with Crippen molar-refractivity contribution >= 4 is 16.9 Å². The molecule has 0 saturated carbocycles. The fraction of sp³-hybridized carbons (Fsp3) is 0.300. The summed E-state index contributed by atoms with van der Waals surface area (Å²) in [5.41, 5.74) is 6.58. The average Bonchev–Trinajstić information content (AvgIpc) is 2.04. The van der Waals surface area contributed by atoms with Gasteiger partial charge < -0.3 is 5.73 Å². The minimum Gasteiger partial charge on any atom is -0.378 e. The van der Waals surface area contributed by atoms with Gasteiger partial charge in [-0.2, -0.15) is 0 Å². The summed E-state index contributed by atoms with van der Waals surface area (Å²) in [6.45, 7) is 4.32. The maximum Gasteiger partial charge on any atom is 0.155 e. The highest BCUT2D eigenvalue weighted by atomic mass is 32.2. The molecule has 0 aliphatic heterocycles. The first-order valence-corrected chi connectivity index (χ1v) is 5.03. The lowest BCUT2D eigenvalue weighted by Crippen LogP contribution is -2.02. The molecule has 1 aromatic rings. The molecule has 0 bridgehead atoms. The minimum atomic E-state index is 0.136. The van der Waals surface area contributed by atoms with Crippen LogP contribution in [0.4, 0.5) is 0 Å². The van der Waals surface area contributed by atoms with E-state index in [9.17, 15) is 0 Å². The fourth-order valence-corrected chi connectivity index (χ4v) is 1.57. The summed E-state index contributed by atoms with van der Waals surface area (Å²) in [4.78, 5) is 1.02. The van der Waals surface area contributed by atoms with E-state index in [-0.39, 0.29) is 5.17 Å². The Morgan fingerprint density at radius 1 is 1.31 bits per heavy atom. The van der Waals surface area contributed by atoms with Crippen LogP contribution >= 0.6 is 11.8 Å². The summed E-state index contributed by atoms with van der Waals surface area (Å²) < 4.78 is 0. The van der Waals surface area contributed by atoms with Crippen molar-refractivity contribution in [2.45, 2.75) is 24.7 Å². The predicted octanol–water partition coefficient (Wildman–Crippen LogP) is 2.80. The second-order valence-electron chi connectivity index (χ2n) is 3.19. The van der Waals surface area contributed by atoms with Crippen LogP contribution in [-0.4, -0.2) is 5.17 Å². The van der Waals surface area contributed by atoms with Crippen molar-refractivity contribution < 1.29 is 0 Å². The second kappa shape index (κ2) is 4.33. The van der Waals surface area contributed by atoms with Gasteiger partial charge in [-0.1, -0.05) is 37.7 Å². The minimum absolute atomic E-state index is 0.136. The Kier molecular flexibility index (Phi) is 3.37. The van der Waals surface area contributed by atoms with Gasteiger partial charge in [0.1, 0.15) is 0 Å². The molecule has 0 radical (unpaired) electrons. The molecule has 70 valence electrons. The smallest absolute Gasteiger partial charge is 0.155 e. The average molecular weight is 194 g/mol. The molecule has 0 aliphatic carbocycles. The molecule has 0 aromatic heterocycles. The molecule has 0 spiro atoms. The van der Waals surface area contributed by atoms with Crippen LogP contribution in [0, 0.1) is 5.41 Å². The van der Waals surface area contributed by atoms with Crippen LogP contribution in [-0.2, 0) is 0 Å². The predicted molar refractivity (Wildman–Crippen MR) is 58.3 cm³/mol. The van der Waals surface area contributed by atoms with Gasteiger partial charge in [-0.3, -0.25) is 5.41 Å². The van der Waals surface area contributed by atoms with E-state index in [2.05, 4.69) is 26.0 Å². The van der Waals surface area contributed by atoms with Crippen LogP contribution in [0.3, 0.4) is 0 Å². The van der Waals surface area contributed by atoms with Crippen molar-refractivity contribution in [1.29, 1.82) is 5.41 Å². The molecule has 13 heavy (non-hydrogen) atoms. The molecule has 0 amide bonds. The number of nitrogens with two attached hydrogens (primary N) is 1. The number of amidine groups is 1. The molecule has 0 saturated heterocycles. The third kappa shape index (κ3) is 3.11. The van der Waals surface area contributed by atoms with E-state index >= 15 is 0 Å². The summed E-state index contributed by atoms with van der Waals surface area (Å²) in [6.07, 6.45) is 0. The van der Waals surface area contributed by atoms with Crippen LogP contribution < -0.4 is 5.73 Å². The van der Waals surface area contributed by atoms with Crippen LogP contribution in [0.25, 0.3) is 0 Å². The summed E-state index contributed by atoms with van der Waals surface area (Å²) in [6, 6.07) is 8.16. The van der Waals surface area contributed by atoms with Gasteiger partial charge in [0.2, 0.25) is 0 Å². The standard InChI is InChI=1S/C10H14N2S/c1-7(2)8-3-5-9(6-4-8)13-10(11)12/h3-7H,1-2H3,(H3,11,12). The third-order valence-corrected chi connectivity index (χ3v) is 2.50. The maximum absolute atomic E-state index is 7.11. The Morgan fingerprint density at radius 3 is 2.23 bits per heavy atom. The second-order valence-corrected chi connectivity index (χ2v) is 4.31. The topological polar surface area (TPSA) is 49.9 Å². The monoisotopic (exact) mass is 194 g/mol. The Hall–Kier alpha value is -0.960. The molecule has 0 heterocycles. The molecule has 1 aromatic carbocycles. The zero-order valence-electron chi connectivity index (χ0n) is 7.87. The van der Waals surface area contributed by atoms with Crippen molar-refractivity contribution in [3.05, 3.63) is 29.8 Å². The zero-order valence-corrected chi connectivity index (χ0v) is 8.69. The molecular weight excluding hydrogens is 180 g/mol. The SMILES string of the molecule is CC(C)c1ccc(SC(=N)N)cc1. The van der Waals surface area contributed by atoms with Crippen molar-refractivity contribution in [1.82, 2.24) is 0 Å². The first kappa shape index (κ1) is 10.1. The van der Waals surface area contributed by atoms with E-state index in [0.29, 0.717) is 5.92 Å². The van der Waals surface area contributed by atoms with Gasteiger partial charge in [-0.15, -0.1) is 0 Å². The first-order chi connectivity index (χ1) is 6.09. The molecule has 0 unspecified atom stereocenters. The Labute approximate surface area is 83.0 Å². The van der Waals surface area contributed by atoms with Gasteiger partial charge in [0.25, 0.3) is 0 Å². The highest BCUT2D eigenvalue weighted by Gasteiger charge is 1.99. The van der Waals surface area contributed by atoms with Gasteiger partial charge >= 0.3 is 0 Å². The highest BCUT2D eigenvalue weighted by molar-refractivity contribution is 8.13. The Balaban J connectivity index is 2.75. The van der Waals surface area contributed by atoms with Crippen molar-refractivity contribution in [3.8, 4) is 0 Å². The molecule has 3 heteroatoms. The molecule has 0 atom stereocenters. The van der Waals surface area contributed by atoms with E-state index in [0.717, 1.165) is 4.90 Å². The number of hydrogen-bond acceptors (Lipinski definition) is 2. The van der Waals surface area contributed by atoms with E-state index in [1.54, 1.807) is 0 Å². The van der Waals surface area contributed by atoms with Crippen molar-refractivity contribution in [3.63, 3.8) is 0 Å².